The number of hydrogen-bond acceptors (Lipinski definition) is 3. The zero-order valence-corrected chi connectivity index (χ0v) is 9.82. The molecule has 1 rings (SSSR count). The minimum absolute atomic E-state index is 0.209. The summed E-state index contributed by atoms with van der Waals surface area (Å²) in [6.07, 6.45) is 4.62. The lowest BCUT2D eigenvalue weighted by atomic mass is 10.1. The second-order valence-corrected chi connectivity index (χ2v) is 3.88. The molecule has 0 aromatic carbocycles. The molecule has 0 aliphatic carbocycles. The van der Waals surface area contributed by atoms with Crippen LogP contribution in [0.15, 0.2) is 16.7 Å². The summed E-state index contributed by atoms with van der Waals surface area (Å²) in [5, 5.41) is 12.1. The molecule has 4 nitrogen and oxygen atoms in total. The minimum atomic E-state index is -0.949. The van der Waals surface area contributed by atoms with Gasteiger partial charge in [0, 0.05) is 6.04 Å². The van der Waals surface area contributed by atoms with Crippen molar-refractivity contribution in [1.29, 1.82) is 0 Å². The van der Waals surface area contributed by atoms with E-state index in [0.717, 1.165) is 19.3 Å². The molecule has 1 atom stereocenters. The highest BCUT2D eigenvalue weighted by Gasteiger charge is 2.09. The van der Waals surface area contributed by atoms with E-state index in [-0.39, 0.29) is 5.56 Å². The van der Waals surface area contributed by atoms with Crippen LogP contribution >= 0.6 is 0 Å². The second-order valence-electron chi connectivity index (χ2n) is 3.88. The molecule has 0 fully saturated rings. The second kappa shape index (κ2) is 6.33. The molecule has 1 aromatic rings. The van der Waals surface area contributed by atoms with Crippen molar-refractivity contribution in [2.24, 2.45) is 0 Å². The normalized spacial score (nSPS) is 12.6. The van der Waals surface area contributed by atoms with Gasteiger partial charge in [0.1, 0.15) is 12.0 Å². The fraction of sp³-hybridized carbons (Fsp3) is 0.583. The molecule has 16 heavy (non-hydrogen) atoms. The van der Waals surface area contributed by atoms with Crippen molar-refractivity contribution in [3.8, 4) is 0 Å². The molecule has 2 N–H and O–H groups in total. The Bertz CT molecular complexity index is 333. The lowest BCUT2D eigenvalue weighted by Crippen LogP contribution is -2.27. The Morgan fingerprint density at radius 3 is 2.81 bits per heavy atom. The van der Waals surface area contributed by atoms with Crippen LogP contribution in [0, 0.1) is 0 Å². The van der Waals surface area contributed by atoms with E-state index < -0.39 is 5.97 Å². The first-order valence-corrected chi connectivity index (χ1v) is 5.71. The van der Waals surface area contributed by atoms with Gasteiger partial charge in [0.25, 0.3) is 0 Å². The van der Waals surface area contributed by atoms with Gasteiger partial charge in [0.05, 0.1) is 12.1 Å². The summed E-state index contributed by atoms with van der Waals surface area (Å²) < 4.78 is 5.16. The zero-order chi connectivity index (χ0) is 12.0. The van der Waals surface area contributed by atoms with Crippen LogP contribution in [-0.2, 0) is 6.54 Å². The van der Waals surface area contributed by atoms with Crippen molar-refractivity contribution in [2.45, 2.75) is 45.7 Å². The maximum absolute atomic E-state index is 10.6. The smallest absolute Gasteiger partial charge is 0.338 e. The SMILES string of the molecule is CCCC(CC)NCc1cc(C(=O)O)co1. The monoisotopic (exact) mass is 225 g/mol. The summed E-state index contributed by atoms with van der Waals surface area (Å²) >= 11 is 0. The van der Waals surface area contributed by atoms with Crippen molar-refractivity contribution in [2.75, 3.05) is 0 Å². The van der Waals surface area contributed by atoms with Crippen LogP contribution in [0.2, 0.25) is 0 Å². The fourth-order valence-corrected chi connectivity index (χ4v) is 1.63. The van der Waals surface area contributed by atoms with Gasteiger partial charge in [0.15, 0.2) is 0 Å². The summed E-state index contributed by atoms with van der Waals surface area (Å²) in [6, 6.07) is 2.04. The largest absolute Gasteiger partial charge is 0.478 e. The van der Waals surface area contributed by atoms with Gasteiger partial charge in [-0.3, -0.25) is 0 Å². The van der Waals surface area contributed by atoms with Gasteiger partial charge in [-0.05, 0) is 18.9 Å². The van der Waals surface area contributed by atoms with Crippen LogP contribution in [0.1, 0.15) is 49.2 Å². The Kier molecular flexibility index (Phi) is 5.05. The third-order valence-electron chi connectivity index (χ3n) is 2.60. The average molecular weight is 225 g/mol. The molecule has 0 spiro atoms. The van der Waals surface area contributed by atoms with E-state index in [9.17, 15) is 4.79 Å². The van der Waals surface area contributed by atoms with Crippen molar-refractivity contribution < 1.29 is 14.3 Å². The highest BCUT2D eigenvalue weighted by Crippen LogP contribution is 2.09. The Hall–Kier alpha value is -1.29. The van der Waals surface area contributed by atoms with Gasteiger partial charge in [-0.1, -0.05) is 20.3 Å². The highest BCUT2D eigenvalue weighted by molar-refractivity contribution is 5.87. The molecule has 0 saturated carbocycles. The van der Waals surface area contributed by atoms with Crippen molar-refractivity contribution in [1.82, 2.24) is 5.32 Å². The van der Waals surface area contributed by atoms with E-state index in [2.05, 4.69) is 19.2 Å². The molecule has 0 aliphatic rings. The van der Waals surface area contributed by atoms with Gasteiger partial charge in [0.2, 0.25) is 0 Å². The molecule has 0 radical (unpaired) electrons. The van der Waals surface area contributed by atoms with E-state index >= 15 is 0 Å². The fourth-order valence-electron chi connectivity index (χ4n) is 1.63. The molecule has 0 bridgehead atoms. The third kappa shape index (κ3) is 3.70. The molecule has 1 aromatic heterocycles. The molecule has 90 valence electrons. The summed E-state index contributed by atoms with van der Waals surface area (Å²) in [5.41, 5.74) is 0.209. The number of carboxylic acid groups (broad SMARTS) is 1. The van der Waals surface area contributed by atoms with Gasteiger partial charge < -0.3 is 14.8 Å². The predicted molar refractivity (Wildman–Crippen MR) is 61.5 cm³/mol. The average Bonchev–Trinajstić information content (AvgIpc) is 2.73. The van der Waals surface area contributed by atoms with Gasteiger partial charge in [-0.2, -0.15) is 0 Å². The lowest BCUT2D eigenvalue weighted by Gasteiger charge is -2.14. The summed E-state index contributed by atoms with van der Waals surface area (Å²) in [7, 11) is 0. The number of carbonyl (C=O) groups is 1. The molecule has 1 heterocycles. The maximum Gasteiger partial charge on any atom is 0.338 e. The molecule has 0 saturated heterocycles. The lowest BCUT2D eigenvalue weighted by molar-refractivity contribution is 0.0696. The molecule has 0 aliphatic heterocycles. The van der Waals surface area contributed by atoms with Gasteiger partial charge in [-0.15, -0.1) is 0 Å². The Labute approximate surface area is 95.7 Å². The van der Waals surface area contributed by atoms with E-state index in [0.29, 0.717) is 18.3 Å². The molecule has 4 heteroatoms. The van der Waals surface area contributed by atoms with Gasteiger partial charge in [-0.25, -0.2) is 4.79 Å². The number of furan rings is 1. The zero-order valence-electron chi connectivity index (χ0n) is 9.82. The topological polar surface area (TPSA) is 62.5 Å². The Morgan fingerprint density at radius 1 is 1.56 bits per heavy atom. The van der Waals surface area contributed by atoms with Crippen molar-refractivity contribution in [3.05, 3.63) is 23.7 Å². The first kappa shape index (κ1) is 12.8. The number of nitrogens with one attached hydrogen (secondary N) is 1. The summed E-state index contributed by atoms with van der Waals surface area (Å²) in [4.78, 5) is 10.6. The quantitative estimate of drug-likeness (QED) is 0.748. The van der Waals surface area contributed by atoms with Gasteiger partial charge >= 0.3 is 5.97 Å². The van der Waals surface area contributed by atoms with Crippen molar-refractivity contribution in [3.63, 3.8) is 0 Å². The third-order valence-corrected chi connectivity index (χ3v) is 2.60. The van der Waals surface area contributed by atoms with E-state index in [1.54, 1.807) is 6.07 Å². The van der Waals surface area contributed by atoms with E-state index in [4.69, 9.17) is 9.52 Å². The Morgan fingerprint density at radius 2 is 2.31 bits per heavy atom. The molecule has 0 amide bonds. The summed E-state index contributed by atoms with van der Waals surface area (Å²) in [6.45, 7) is 4.88. The highest BCUT2D eigenvalue weighted by atomic mass is 16.4. The first-order chi connectivity index (χ1) is 7.67. The molecular formula is C12H19NO3. The number of aromatic carboxylic acids is 1. The standard InChI is InChI=1S/C12H19NO3/c1-3-5-10(4-2)13-7-11-6-9(8-16-11)12(14)15/h6,8,10,13H,3-5,7H2,1-2H3,(H,14,15). The van der Waals surface area contributed by atoms with Crippen LogP contribution < -0.4 is 5.32 Å². The van der Waals surface area contributed by atoms with Crippen LogP contribution in [0.3, 0.4) is 0 Å². The number of rotatable bonds is 7. The maximum atomic E-state index is 10.6. The number of hydrogen-bond donors (Lipinski definition) is 2. The van der Waals surface area contributed by atoms with Crippen LogP contribution in [0.25, 0.3) is 0 Å². The van der Waals surface area contributed by atoms with Crippen molar-refractivity contribution >= 4 is 5.97 Å². The summed E-state index contributed by atoms with van der Waals surface area (Å²) in [5.74, 6) is -0.275. The van der Waals surface area contributed by atoms with E-state index in [1.807, 2.05) is 0 Å². The predicted octanol–water partition coefficient (Wildman–Crippen LogP) is 2.65. The minimum Gasteiger partial charge on any atom is -0.478 e. The molecular weight excluding hydrogens is 206 g/mol. The first-order valence-electron chi connectivity index (χ1n) is 5.71. The Balaban J connectivity index is 2.44. The number of carboxylic acids is 1. The van der Waals surface area contributed by atoms with Crippen LogP contribution in [0.4, 0.5) is 0 Å². The van der Waals surface area contributed by atoms with Crippen LogP contribution in [-0.4, -0.2) is 17.1 Å². The van der Waals surface area contributed by atoms with E-state index in [1.165, 1.54) is 6.26 Å². The molecule has 1 unspecified atom stereocenters. The van der Waals surface area contributed by atoms with Crippen LogP contribution in [0.5, 0.6) is 0 Å².